The summed E-state index contributed by atoms with van der Waals surface area (Å²) in [5.74, 6) is 0.812. The van der Waals surface area contributed by atoms with E-state index in [-0.39, 0.29) is 0 Å². The maximum absolute atomic E-state index is 4.41. The van der Waals surface area contributed by atoms with Crippen molar-refractivity contribution in [2.24, 2.45) is 0 Å². The molecule has 1 aliphatic rings. The fourth-order valence-corrected chi connectivity index (χ4v) is 2.03. The minimum Gasteiger partial charge on any atom is -0.314 e. The zero-order chi connectivity index (χ0) is 10.3. The lowest BCUT2D eigenvalue weighted by atomic mass is 10.1. The van der Waals surface area contributed by atoms with Gasteiger partial charge >= 0.3 is 0 Å². The van der Waals surface area contributed by atoms with E-state index in [4.69, 9.17) is 0 Å². The highest BCUT2D eigenvalue weighted by molar-refractivity contribution is 5.54. The first-order valence-corrected chi connectivity index (χ1v) is 5.48. The number of hydrogen-bond donors (Lipinski definition) is 1. The molecule has 2 aromatic rings. The predicted octanol–water partition coefficient (Wildman–Crippen LogP) is 1.93. The lowest BCUT2D eigenvalue weighted by Crippen LogP contribution is -2.05. The van der Waals surface area contributed by atoms with Gasteiger partial charge in [0.2, 0.25) is 0 Å². The van der Waals surface area contributed by atoms with E-state index >= 15 is 0 Å². The standard InChI is InChI=1S/C12H15N3/c1-13-7-11-12-6-10(9-2-3-9)4-5-15(12)8-14-11/h4-6,8-9,13H,2-3,7H2,1H3. The summed E-state index contributed by atoms with van der Waals surface area (Å²) in [5, 5.41) is 3.15. The van der Waals surface area contributed by atoms with Crippen LogP contribution in [0.25, 0.3) is 5.52 Å². The largest absolute Gasteiger partial charge is 0.314 e. The molecule has 1 N–H and O–H groups in total. The molecule has 3 heteroatoms. The van der Waals surface area contributed by atoms with Crippen LogP contribution in [-0.2, 0) is 6.54 Å². The van der Waals surface area contributed by atoms with Crippen molar-refractivity contribution in [2.45, 2.75) is 25.3 Å². The van der Waals surface area contributed by atoms with Gasteiger partial charge in [-0.05, 0) is 43.5 Å². The van der Waals surface area contributed by atoms with Gasteiger partial charge in [0.05, 0.1) is 17.5 Å². The minimum atomic E-state index is 0.812. The molecule has 0 saturated heterocycles. The molecule has 3 nitrogen and oxygen atoms in total. The predicted molar refractivity (Wildman–Crippen MR) is 59.9 cm³/mol. The first kappa shape index (κ1) is 8.92. The molecule has 1 saturated carbocycles. The summed E-state index contributed by atoms with van der Waals surface area (Å²) in [6.45, 7) is 0.838. The van der Waals surface area contributed by atoms with Crippen LogP contribution in [0.3, 0.4) is 0 Å². The summed E-state index contributed by atoms with van der Waals surface area (Å²) in [6, 6.07) is 4.51. The van der Waals surface area contributed by atoms with E-state index in [1.807, 2.05) is 13.4 Å². The molecule has 0 unspecified atom stereocenters. The lowest BCUT2D eigenvalue weighted by molar-refractivity contribution is 0.802. The number of pyridine rings is 1. The molecule has 0 atom stereocenters. The zero-order valence-corrected chi connectivity index (χ0v) is 8.90. The number of rotatable bonds is 3. The Morgan fingerprint density at radius 1 is 1.53 bits per heavy atom. The summed E-state index contributed by atoms with van der Waals surface area (Å²) in [7, 11) is 1.95. The van der Waals surface area contributed by atoms with Crippen LogP contribution >= 0.6 is 0 Å². The van der Waals surface area contributed by atoms with Crippen LogP contribution in [0.2, 0.25) is 0 Å². The third kappa shape index (κ3) is 1.53. The minimum absolute atomic E-state index is 0.812. The summed E-state index contributed by atoms with van der Waals surface area (Å²) >= 11 is 0. The average Bonchev–Trinajstić information content (AvgIpc) is 3.03. The number of nitrogens with zero attached hydrogens (tertiary/aromatic N) is 2. The Labute approximate surface area is 89.1 Å². The summed E-state index contributed by atoms with van der Waals surface area (Å²) < 4.78 is 2.10. The number of imidazole rings is 1. The summed E-state index contributed by atoms with van der Waals surface area (Å²) in [4.78, 5) is 4.41. The van der Waals surface area contributed by atoms with Crippen LogP contribution < -0.4 is 5.32 Å². The van der Waals surface area contributed by atoms with Crippen LogP contribution in [-0.4, -0.2) is 16.4 Å². The Balaban J connectivity index is 2.09. The molecule has 1 fully saturated rings. The first-order chi connectivity index (χ1) is 7.38. The van der Waals surface area contributed by atoms with Gasteiger partial charge in [-0.15, -0.1) is 0 Å². The number of aromatic nitrogens is 2. The van der Waals surface area contributed by atoms with Gasteiger partial charge in [-0.1, -0.05) is 0 Å². The summed E-state index contributed by atoms with van der Waals surface area (Å²) in [6.07, 6.45) is 6.71. The highest BCUT2D eigenvalue weighted by Crippen LogP contribution is 2.40. The second-order valence-corrected chi connectivity index (χ2v) is 4.25. The Morgan fingerprint density at radius 3 is 3.13 bits per heavy atom. The topological polar surface area (TPSA) is 29.3 Å². The molecule has 2 heterocycles. The number of nitrogens with one attached hydrogen (secondary N) is 1. The third-order valence-electron chi connectivity index (χ3n) is 3.04. The van der Waals surface area contributed by atoms with Crippen molar-refractivity contribution in [2.75, 3.05) is 7.05 Å². The van der Waals surface area contributed by atoms with E-state index in [2.05, 4.69) is 33.0 Å². The molecule has 0 aliphatic heterocycles. The highest BCUT2D eigenvalue weighted by atomic mass is 15.0. The molecular formula is C12H15N3. The molecule has 0 aromatic carbocycles. The van der Waals surface area contributed by atoms with E-state index in [0.717, 1.165) is 18.2 Å². The van der Waals surface area contributed by atoms with Gasteiger partial charge in [-0.3, -0.25) is 0 Å². The second-order valence-electron chi connectivity index (χ2n) is 4.25. The molecule has 1 aliphatic carbocycles. The SMILES string of the molecule is CNCc1ncn2ccc(C3CC3)cc12. The van der Waals surface area contributed by atoms with E-state index in [9.17, 15) is 0 Å². The second kappa shape index (κ2) is 3.35. The normalized spacial score (nSPS) is 16.1. The van der Waals surface area contributed by atoms with Gasteiger partial charge in [-0.25, -0.2) is 4.98 Å². The maximum Gasteiger partial charge on any atom is 0.0996 e. The quantitative estimate of drug-likeness (QED) is 0.822. The van der Waals surface area contributed by atoms with Crippen LogP contribution in [0.15, 0.2) is 24.7 Å². The van der Waals surface area contributed by atoms with Crippen molar-refractivity contribution >= 4 is 5.52 Å². The van der Waals surface area contributed by atoms with Gasteiger partial charge in [0, 0.05) is 12.7 Å². The molecular weight excluding hydrogens is 186 g/mol. The van der Waals surface area contributed by atoms with Crippen LogP contribution in [0.1, 0.15) is 30.0 Å². The molecule has 15 heavy (non-hydrogen) atoms. The zero-order valence-electron chi connectivity index (χ0n) is 8.90. The fraction of sp³-hybridized carbons (Fsp3) is 0.417. The van der Waals surface area contributed by atoms with Crippen molar-refractivity contribution in [1.82, 2.24) is 14.7 Å². The van der Waals surface area contributed by atoms with E-state index < -0.39 is 0 Å². The third-order valence-corrected chi connectivity index (χ3v) is 3.04. The van der Waals surface area contributed by atoms with Crippen molar-refractivity contribution in [1.29, 1.82) is 0 Å². The monoisotopic (exact) mass is 201 g/mol. The van der Waals surface area contributed by atoms with Gasteiger partial charge in [0.1, 0.15) is 0 Å². The maximum atomic E-state index is 4.41. The van der Waals surface area contributed by atoms with Crippen LogP contribution in [0.4, 0.5) is 0 Å². The van der Waals surface area contributed by atoms with Crippen molar-refractivity contribution in [3.8, 4) is 0 Å². The van der Waals surface area contributed by atoms with Gasteiger partial charge in [-0.2, -0.15) is 0 Å². The number of fused-ring (bicyclic) bond motifs is 1. The summed E-state index contributed by atoms with van der Waals surface area (Å²) in [5.41, 5.74) is 3.86. The van der Waals surface area contributed by atoms with Crippen molar-refractivity contribution in [3.63, 3.8) is 0 Å². The van der Waals surface area contributed by atoms with E-state index in [1.54, 1.807) is 0 Å². The van der Waals surface area contributed by atoms with Gasteiger partial charge < -0.3 is 9.72 Å². The fourth-order valence-electron chi connectivity index (χ4n) is 2.03. The van der Waals surface area contributed by atoms with Crippen LogP contribution in [0, 0.1) is 0 Å². The van der Waals surface area contributed by atoms with E-state index in [1.165, 1.54) is 23.9 Å². The molecule has 2 aromatic heterocycles. The number of hydrogen-bond acceptors (Lipinski definition) is 2. The van der Waals surface area contributed by atoms with Crippen molar-refractivity contribution < 1.29 is 0 Å². The smallest absolute Gasteiger partial charge is 0.0996 e. The van der Waals surface area contributed by atoms with Gasteiger partial charge in [0.25, 0.3) is 0 Å². The Hall–Kier alpha value is -1.35. The Morgan fingerprint density at radius 2 is 2.40 bits per heavy atom. The Kier molecular flexibility index (Phi) is 1.99. The Bertz CT molecular complexity index is 483. The van der Waals surface area contributed by atoms with Gasteiger partial charge in [0.15, 0.2) is 0 Å². The molecule has 0 amide bonds. The average molecular weight is 201 g/mol. The first-order valence-electron chi connectivity index (χ1n) is 5.48. The highest BCUT2D eigenvalue weighted by Gasteiger charge is 2.23. The molecule has 0 spiro atoms. The molecule has 3 rings (SSSR count). The van der Waals surface area contributed by atoms with Crippen molar-refractivity contribution in [3.05, 3.63) is 35.9 Å². The molecule has 78 valence electrons. The molecule has 0 radical (unpaired) electrons. The lowest BCUT2D eigenvalue weighted by Gasteiger charge is -2.01. The van der Waals surface area contributed by atoms with E-state index in [0.29, 0.717) is 0 Å². The van der Waals surface area contributed by atoms with Crippen LogP contribution in [0.5, 0.6) is 0 Å². The molecule has 0 bridgehead atoms.